The van der Waals surface area contributed by atoms with E-state index in [9.17, 15) is 0 Å². The zero-order chi connectivity index (χ0) is 13.5. The highest BCUT2D eigenvalue weighted by Crippen LogP contribution is 2.18. The Bertz CT molecular complexity index is 476. The third-order valence-electron chi connectivity index (χ3n) is 3.42. The number of aryl methyl sites for hydroxylation is 2. The molecule has 0 aliphatic rings. The molecule has 0 amide bonds. The van der Waals surface area contributed by atoms with Crippen molar-refractivity contribution in [3.8, 4) is 0 Å². The van der Waals surface area contributed by atoms with Crippen molar-refractivity contribution in [2.24, 2.45) is 7.05 Å². The highest BCUT2D eigenvalue weighted by Gasteiger charge is 2.13. The van der Waals surface area contributed by atoms with Gasteiger partial charge in [0, 0.05) is 19.3 Å². The van der Waals surface area contributed by atoms with Gasteiger partial charge >= 0.3 is 0 Å². The lowest BCUT2D eigenvalue weighted by molar-refractivity contribution is 0.468. The Labute approximate surface area is 115 Å². The second-order valence-corrected chi connectivity index (χ2v) is 4.91. The van der Waals surface area contributed by atoms with Gasteiger partial charge in [0.2, 0.25) is 0 Å². The maximum absolute atomic E-state index is 4.28. The molecule has 3 heteroatoms. The van der Waals surface area contributed by atoms with Crippen LogP contribution in [0.3, 0.4) is 0 Å². The van der Waals surface area contributed by atoms with Crippen molar-refractivity contribution in [3.05, 3.63) is 53.9 Å². The molecule has 19 heavy (non-hydrogen) atoms. The second kappa shape index (κ2) is 7.10. The quantitative estimate of drug-likeness (QED) is 0.826. The van der Waals surface area contributed by atoms with Crippen LogP contribution >= 0.6 is 0 Å². The van der Waals surface area contributed by atoms with Crippen LogP contribution in [0.1, 0.15) is 37.1 Å². The van der Waals surface area contributed by atoms with Gasteiger partial charge in [-0.3, -0.25) is 4.68 Å². The molecule has 1 N–H and O–H groups in total. The minimum absolute atomic E-state index is 0.382. The van der Waals surface area contributed by atoms with Crippen molar-refractivity contribution in [2.45, 2.75) is 32.2 Å². The van der Waals surface area contributed by atoms with Crippen molar-refractivity contribution >= 4 is 0 Å². The smallest absolute Gasteiger partial charge is 0.0550 e. The van der Waals surface area contributed by atoms with Crippen LogP contribution in [0.2, 0.25) is 0 Å². The van der Waals surface area contributed by atoms with Gasteiger partial charge < -0.3 is 5.32 Å². The first-order valence-corrected chi connectivity index (χ1v) is 7.06. The molecular weight excluding hydrogens is 234 g/mol. The lowest BCUT2D eigenvalue weighted by Gasteiger charge is -2.19. The first kappa shape index (κ1) is 13.8. The Kier molecular flexibility index (Phi) is 5.16. The molecule has 1 heterocycles. The summed E-state index contributed by atoms with van der Waals surface area (Å²) in [4.78, 5) is 0. The number of aromatic nitrogens is 2. The van der Waals surface area contributed by atoms with Gasteiger partial charge in [0.05, 0.1) is 5.69 Å². The van der Waals surface area contributed by atoms with E-state index in [0.29, 0.717) is 6.04 Å². The number of hydrogen-bond acceptors (Lipinski definition) is 2. The van der Waals surface area contributed by atoms with E-state index in [0.717, 1.165) is 25.8 Å². The van der Waals surface area contributed by atoms with Crippen LogP contribution in [0.15, 0.2) is 42.6 Å². The normalized spacial score (nSPS) is 12.5. The van der Waals surface area contributed by atoms with E-state index in [1.807, 2.05) is 17.9 Å². The molecule has 102 valence electrons. The van der Waals surface area contributed by atoms with Gasteiger partial charge in [0.1, 0.15) is 0 Å². The zero-order valence-electron chi connectivity index (χ0n) is 11.8. The highest BCUT2D eigenvalue weighted by molar-refractivity contribution is 5.16. The van der Waals surface area contributed by atoms with E-state index >= 15 is 0 Å². The van der Waals surface area contributed by atoms with Crippen LogP contribution in [0.5, 0.6) is 0 Å². The molecule has 0 saturated carbocycles. The number of nitrogens with zero attached hydrogens (tertiary/aromatic N) is 2. The van der Waals surface area contributed by atoms with Gasteiger partial charge in [0.25, 0.3) is 0 Å². The predicted octanol–water partition coefficient (Wildman–Crippen LogP) is 3.09. The number of benzene rings is 1. The summed E-state index contributed by atoms with van der Waals surface area (Å²) in [6, 6.07) is 13.2. The topological polar surface area (TPSA) is 29.9 Å². The summed E-state index contributed by atoms with van der Waals surface area (Å²) in [6.07, 6.45) is 5.22. The fraction of sp³-hybridized carbons (Fsp3) is 0.438. The van der Waals surface area contributed by atoms with Gasteiger partial charge in [0.15, 0.2) is 0 Å². The zero-order valence-corrected chi connectivity index (χ0v) is 11.8. The SMILES string of the molecule is CCCNC(CCc1ccccc1)c1ccnn1C. The van der Waals surface area contributed by atoms with Crippen LogP contribution < -0.4 is 5.32 Å². The molecule has 2 aromatic rings. The van der Waals surface area contributed by atoms with Gasteiger partial charge in [-0.2, -0.15) is 5.10 Å². The van der Waals surface area contributed by atoms with Crippen molar-refractivity contribution in [1.29, 1.82) is 0 Å². The predicted molar refractivity (Wildman–Crippen MR) is 79.0 cm³/mol. The third-order valence-corrected chi connectivity index (χ3v) is 3.42. The third kappa shape index (κ3) is 3.93. The maximum atomic E-state index is 4.28. The van der Waals surface area contributed by atoms with Crippen LogP contribution in [0.25, 0.3) is 0 Å². The summed E-state index contributed by atoms with van der Waals surface area (Å²) < 4.78 is 1.97. The highest BCUT2D eigenvalue weighted by atomic mass is 15.3. The molecule has 0 fully saturated rings. The van der Waals surface area contributed by atoms with Crippen LogP contribution in [0.4, 0.5) is 0 Å². The molecular formula is C16H23N3. The molecule has 0 spiro atoms. The Hall–Kier alpha value is -1.61. The van der Waals surface area contributed by atoms with E-state index in [1.165, 1.54) is 11.3 Å². The first-order chi connectivity index (χ1) is 9.31. The summed E-state index contributed by atoms with van der Waals surface area (Å²) in [7, 11) is 2.01. The summed E-state index contributed by atoms with van der Waals surface area (Å²) >= 11 is 0. The Morgan fingerprint density at radius 3 is 2.63 bits per heavy atom. The average molecular weight is 257 g/mol. The lowest BCUT2D eigenvalue weighted by atomic mass is 10.0. The van der Waals surface area contributed by atoms with Crippen molar-refractivity contribution in [3.63, 3.8) is 0 Å². The molecule has 0 aliphatic heterocycles. The fourth-order valence-corrected chi connectivity index (χ4v) is 2.35. The fourth-order valence-electron chi connectivity index (χ4n) is 2.35. The van der Waals surface area contributed by atoms with Crippen LogP contribution in [-0.2, 0) is 13.5 Å². The van der Waals surface area contributed by atoms with Gasteiger partial charge in [-0.05, 0) is 37.4 Å². The largest absolute Gasteiger partial charge is 0.309 e. The molecule has 1 aromatic carbocycles. The molecule has 1 atom stereocenters. The van der Waals surface area contributed by atoms with E-state index in [-0.39, 0.29) is 0 Å². The average Bonchev–Trinajstić information content (AvgIpc) is 2.86. The number of nitrogens with one attached hydrogen (secondary N) is 1. The van der Waals surface area contributed by atoms with Gasteiger partial charge in [-0.1, -0.05) is 37.3 Å². The Morgan fingerprint density at radius 1 is 1.21 bits per heavy atom. The maximum Gasteiger partial charge on any atom is 0.0550 e. The molecule has 1 unspecified atom stereocenters. The van der Waals surface area contributed by atoms with Gasteiger partial charge in [-0.25, -0.2) is 0 Å². The molecule has 0 radical (unpaired) electrons. The standard InChI is InChI=1S/C16H23N3/c1-3-12-17-15(16-11-13-18-19(16)2)10-9-14-7-5-4-6-8-14/h4-8,11,13,15,17H,3,9-10,12H2,1-2H3. The summed E-state index contributed by atoms with van der Waals surface area (Å²) in [5, 5.41) is 7.90. The van der Waals surface area contributed by atoms with Crippen LogP contribution in [0, 0.1) is 0 Å². The van der Waals surface area contributed by atoms with E-state index in [4.69, 9.17) is 0 Å². The monoisotopic (exact) mass is 257 g/mol. The van der Waals surface area contributed by atoms with E-state index in [1.54, 1.807) is 0 Å². The number of rotatable bonds is 7. The summed E-state index contributed by atoms with van der Waals surface area (Å²) in [6.45, 7) is 3.25. The molecule has 0 saturated heterocycles. The second-order valence-electron chi connectivity index (χ2n) is 4.91. The van der Waals surface area contributed by atoms with Crippen LogP contribution in [-0.4, -0.2) is 16.3 Å². The van der Waals surface area contributed by atoms with Gasteiger partial charge in [-0.15, -0.1) is 0 Å². The van der Waals surface area contributed by atoms with E-state index < -0.39 is 0 Å². The van der Waals surface area contributed by atoms with Crippen molar-refractivity contribution < 1.29 is 0 Å². The Balaban J connectivity index is 2.00. The molecule has 0 aliphatic carbocycles. The van der Waals surface area contributed by atoms with Crippen molar-refractivity contribution in [2.75, 3.05) is 6.54 Å². The molecule has 0 bridgehead atoms. The van der Waals surface area contributed by atoms with E-state index in [2.05, 4.69) is 53.7 Å². The minimum Gasteiger partial charge on any atom is -0.309 e. The molecule has 1 aromatic heterocycles. The summed E-state index contributed by atoms with van der Waals surface area (Å²) in [5.74, 6) is 0. The van der Waals surface area contributed by atoms with Crippen molar-refractivity contribution in [1.82, 2.24) is 15.1 Å². The first-order valence-electron chi connectivity index (χ1n) is 7.06. The summed E-state index contributed by atoms with van der Waals surface area (Å²) in [5.41, 5.74) is 2.66. The molecule has 2 rings (SSSR count). The lowest BCUT2D eigenvalue weighted by Crippen LogP contribution is -2.24. The number of hydrogen-bond donors (Lipinski definition) is 1. The minimum atomic E-state index is 0.382. The Morgan fingerprint density at radius 2 is 2.00 bits per heavy atom. The molecule has 3 nitrogen and oxygen atoms in total.